The van der Waals surface area contributed by atoms with E-state index < -0.39 is 12.0 Å². The summed E-state index contributed by atoms with van der Waals surface area (Å²) in [4.78, 5) is 6.51. The van der Waals surface area contributed by atoms with Crippen LogP contribution in [0.3, 0.4) is 0 Å². The van der Waals surface area contributed by atoms with E-state index in [4.69, 9.17) is 11.6 Å². The fourth-order valence-electron chi connectivity index (χ4n) is 1.23. The smallest absolute Gasteiger partial charge is 0.370 e. The van der Waals surface area contributed by atoms with E-state index in [1.807, 2.05) is 6.92 Å². The molecule has 0 bridgehead atoms. The van der Waals surface area contributed by atoms with Crippen LogP contribution in [0.15, 0.2) is 6.07 Å². The number of unbranched alkanes of at least 4 members (excludes halogenated alkanes) is 2. The van der Waals surface area contributed by atoms with Crippen LogP contribution in [0, 0.1) is 0 Å². The third-order valence-electron chi connectivity index (χ3n) is 2.03. The minimum Gasteiger partial charge on any atom is -0.370 e. The molecular formula is C10H13ClF3N3. The molecule has 1 rings (SSSR count). The van der Waals surface area contributed by atoms with Gasteiger partial charge in [0.15, 0.2) is 0 Å². The number of aromatic nitrogens is 2. The quantitative estimate of drug-likeness (QED) is 0.652. The first-order valence-electron chi connectivity index (χ1n) is 5.29. The lowest BCUT2D eigenvalue weighted by atomic mass is 10.2. The molecule has 1 aromatic heterocycles. The molecule has 0 radical (unpaired) electrons. The van der Waals surface area contributed by atoms with Crippen molar-refractivity contribution in [1.82, 2.24) is 9.97 Å². The maximum Gasteiger partial charge on any atom is 0.451 e. The monoisotopic (exact) mass is 267 g/mol. The highest BCUT2D eigenvalue weighted by atomic mass is 35.5. The maximum atomic E-state index is 12.4. The second kappa shape index (κ2) is 6.05. The minimum atomic E-state index is -4.58. The minimum absolute atomic E-state index is 0.105. The van der Waals surface area contributed by atoms with Gasteiger partial charge in [0.25, 0.3) is 0 Å². The zero-order valence-electron chi connectivity index (χ0n) is 9.31. The molecule has 0 spiro atoms. The molecule has 7 heteroatoms. The zero-order valence-corrected chi connectivity index (χ0v) is 10.1. The van der Waals surface area contributed by atoms with Gasteiger partial charge in [-0.15, -0.1) is 0 Å². The van der Waals surface area contributed by atoms with Crippen molar-refractivity contribution < 1.29 is 13.2 Å². The van der Waals surface area contributed by atoms with Gasteiger partial charge in [0, 0.05) is 12.6 Å². The summed E-state index contributed by atoms with van der Waals surface area (Å²) in [5.74, 6) is -1.11. The van der Waals surface area contributed by atoms with Crippen LogP contribution in [0.25, 0.3) is 0 Å². The Morgan fingerprint density at radius 2 is 2.00 bits per heavy atom. The van der Waals surface area contributed by atoms with Crippen molar-refractivity contribution >= 4 is 17.4 Å². The maximum absolute atomic E-state index is 12.4. The molecule has 0 aliphatic rings. The SMILES string of the molecule is CCCCCNc1cc(Cl)nc(C(F)(F)F)n1. The Balaban J connectivity index is 2.69. The van der Waals surface area contributed by atoms with E-state index in [9.17, 15) is 13.2 Å². The molecule has 3 nitrogen and oxygen atoms in total. The van der Waals surface area contributed by atoms with Crippen LogP contribution in [0.5, 0.6) is 0 Å². The molecular weight excluding hydrogens is 255 g/mol. The second-order valence-corrected chi connectivity index (χ2v) is 3.92. The first-order chi connectivity index (χ1) is 7.93. The van der Waals surface area contributed by atoms with Gasteiger partial charge in [-0.3, -0.25) is 0 Å². The Bertz CT molecular complexity index is 368. The van der Waals surface area contributed by atoms with E-state index >= 15 is 0 Å². The topological polar surface area (TPSA) is 37.8 Å². The number of nitrogens with one attached hydrogen (secondary N) is 1. The molecule has 0 unspecified atom stereocenters. The Morgan fingerprint density at radius 3 is 2.59 bits per heavy atom. The summed E-state index contributed by atoms with van der Waals surface area (Å²) in [6, 6.07) is 1.28. The van der Waals surface area contributed by atoms with Gasteiger partial charge in [0.2, 0.25) is 5.82 Å². The van der Waals surface area contributed by atoms with Crippen LogP contribution in [0.2, 0.25) is 5.15 Å². The third-order valence-corrected chi connectivity index (χ3v) is 2.23. The molecule has 0 aliphatic heterocycles. The largest absolute Gasteiger partial charge is 0.451 e. The van der Waals surface area contributed by atoms with Crippen molar-refractivity contribution in [2.75, 3.05) is 11.9 Å². The summed E-state index contributed by atoms with van der Waals surface area (Å²) in [6.45, 7) is 2.61. The highest BCUT2D eigenvalue weighted by molar-refractivity contribution is 6.29. The molecule has 0 saturated carbocycles. The van der Waals surface area contributed by atoms with E-state index in [1.165, 1.54) is 6.07 Å². The van der Waals surface area contributed by atoms with Crippen LogP contribution in [0.4, 0.5) is 19.0 Å². The van der Waals surface area contributed by atoms with Gasteiger partial charge >= 0.3 is 6.18 Å². The number of hydrogen-bond donors (Lipinski definition) is 1. The Morgan fingerprint density at radius 1 is 1.29 bits per heavy atom. The van der Waals surface area contributed by atoms with Crippen molar-refractivity contribution in [2.24, 2.45) is 0 Å². The van der Waals surface area contributed by atoms with E-state index in [0.29, 0.717) is 6.54 Å². The lowest BCUT2D eigenvalue weighted by molar-refractivity contribution is -0.144. The number of hydrogen-bond acceptors (Lipinski definition) is 3. The summed E-state index contributed by atoms with van der Waals surface area (Å²) in [7, 11) is 0. The number of rotatable bonds is 5. The first kappa shape index (κ1) is 14.0. The third kappa shape index (κ3) is 4.77. The molecule has 1 aromatic rings. The molecule has 96 valence electrons. The molecule has 0 atom stereocenters. The predicted octanol–water partition coefficient (Wildman–Crippen LogP) is 3.75. The predicted molar refractivity (Wildman–Crippen MR) is 60.1 cm³/mol. The average molecular weight is 268 g/mol. The van der Waals surface area contributed by atoms with Crippen LogP contribution >= 0.6 is 11.6 Å². The van der Waals surface area contributed by atoms with Crippen molar-refractivity contribution in [1.29, 1.82) is 0 Å². The van der Waals surface area contributed by atoms with Crippen LogP contribution in [-0.4, -0.2) is 16.5 Å². The van der Waals surface area contributed by atoms with Gasteiger partial charge in [0.1, 0.15) is 11.0 Å². The van der Waals surface area contributed by atoms with Crippen molar-refractivity contribution in [3.63, 3.8) is 0 Å². The van der Waals surface area contributed by atoms with E-state index in [2.05, 4.69) is 15.3 Å². The van der Waals surface area contributed by atoms with Crippen molar-refractivity contribution in [2.45, 2.75) is 32.4 Å². The van der Waals surface area contributed by atoms with E-state index in [0.717, 1.165) is 19.3 Å². The van der Waals surface area contributed by atoms with Gasteiger partial charge in [-0.2, -0.15) is 13.2 Å². The Kier molecular flexibility index (Phi) is 4.99. The number of halogens is 4. The van der Waals surface area contributed by atoms with Gasteiger partial charge in [0.05, 0.1) is 0 Å². The average Bonchev–Trinajstić information content (AvgIpc) is 2.22. The molecule has 1 N–H and O–H groups in total. The number of alkyl halides is 3. The fraction of sp³-hybridized carbons (Fsp3) is 0.600. The van der Waals surface area contributed by atoms with Gasteiger partial charge in [-0.1, -0.05) is 31.4 Å². The first-order valence-corrected chi connectivity index (χ1v) is 5.67. The molecule has 0 saturated heterocycles. The molecule has 0 aliphatic carbocycles. The van der Waals surface area contributed by atoms with Crippen LogP contribution < -0.4 is 5.32 Å². The molecule has 1 heterocycles. The van der Waals surface area contributed by atoms with Crippen LogP contribution in [0.1, 0.15) is 32.0 Å². The number of anilines is 1. The van der Waals surface area contributed by atoms with Gasteiger partial charge in [-0.25, -0.2) is 9.97 Å². The highest BCUT2D eigenvalue weighted by Gasteiger charge is 2.35. The molecule has 0 fully saturated rings. The summed E-state index contributed by atoms with van der Waals surface area (Å²) >= 11 is 5.51. The second-order valence-electron chi connectivity index (χ2n) is 3.53. The zero-order chi connectivity index (χ0) is 12.9. The van der Waals surface area contributed by atoms with E-state index in [-0.39, 0.29) is 11.0 Å². The molecule has 0 amide bonds. The Labute approximate surface area is 102 Å². The summed E-state index contributed by atoms with van der Waals surface area (Å²) in [5.41, 5.74) is 0. The molecule has 17 heavy (non-hydrogen) atoms. The summed E-state index contributed by atoms with van der Waals surface area (Å²) in [6.07, 6.45) is -1.65. The van der Waals surface area contributed by atoms with Crippen molar-refractivity contribution in [3.8, 4) is 0 Å². The lowest BCUT2D eigenvalue weighted by Gasteiger charge is -2.09. The normalized spacial score (nSPS) is 11.6. The van der Waals surface area contributed by atoms with E-state index in [1.54, 1.807) is 0 Å². The molecule has 0 aromatic carbocycles. The van der Waals surface area contributed by atoms with Gasteiger partial charge < -0.3 is 5.32 Å². The van der Waals surface area contributed by atoms with Crippen LogP contribution in [-0.2, 0) is 6.18 Å². The summed E-state index contributed by atoms with van der Waals surface area (Å²) < 4.78 is 37.1. The Hall–Kier alpha value is -1.04. The van der Waals surface area contributed by atoms with Gasteiger partial charge in [-0.05, 0) is 6.42 Å². The fourth-order valence-corrected chi connectivity index (χ4v) is 1.41. The lowest BCUT2D eigenvalue weighted by Crippen LogP contribution is -2.13. The number of nitrogens with zero attached hydrogens (tertiary/aromatic N) is 2. The summed E-state index contributed by atoms with van der Waals surface area (Å²) in [5, 5.41) is 2.58. The highest BCUT2D eigenvalue weighted by Crippen LogP contribution is 2.28. The standard InChI is InChI=1S/C10H13ClF3N3/c1-2-3-4-5-15-8-6-7(11)16-9(17-8)10(12,13)14/h6H,2-5H2,1H3,(H,15,16,17). The van der Waals surface area contributed by atoms with Crippen molar-refractivity contribution in [3.05, 3.63) is 17.0 Å².